The van der Waals surface area contributed by atoms with Gasteiger partial charge in [-0.25, -0.2) is 0 Å². The molecule has 4 heteroatoms. The Balaban J connectivity index is 1.96. The van der Waals surface area contributed by atoms with Gasteiger partial charge in [0.25, 0.3) is 0 Å². The van der Waals surface area contributed by atoms with Crippen LogP contribution < -0.4 is 5.73 Å². The molecule has 0 spiro atoms. The quantitative estimate of drug-likeness (QED) is 0.855. The maximum atomic E-state index is 12.4. The topological polar surface area (TPSA) is 46.3 Å². The molecule has 2 unspecified atom stereocenters. The molecule has 0 aromatic carbocycles. The molecule has 2 rings (SSSR count). The van der Waals surface area contributed by atoms with E-state index in [2.05, 4.69) is 6.07 Å². The Morgan fingerprint density at radius 3 is 2.94 bits per heavy atom. The van der Waals surface area contributed by atoms with E-state index >= 15 is 0 Å². The summed E-state index contributed by atoms with van der Waals surface area (Å²) in [5, 5.41) is 2.05. The van der Waals surface area contributed by atoms with E-state index in [-0.39, 0.29) is 17.9 Å². The normalized spacial score (nSPS) is 24.6. The third-order valence-electron chi connectivity index (χ3n) is 3.74. The summed E-state index contributed by atoms with van der Waals surface area (Å²) in [6.45, 7) is 0.708. The predicted octanol–water partition coefficient (Wildman–Crippen LogP) is 2.61. The summed E-state index contributed by atoms with van der Waals surface area (Å²) in [6, 6.07) is 4.14. The van der Waals surface area contributed by atoms with Crippen molar-refractivity contribution >= 4 is 17.2 Å². The fraction of sp³-hybridized carbons (Fsp3) is 0.643. The molecule has 1 aromatic heterocycles. The van der Waals surface area contributed by atoms with Gasteiger partial charge in [-0.05, 0) is 24.3 Å². The van der Waals surface area contributed by atoms with E-state index in [1.165, 1.54) is 17.7 Å². The molecule has 1 aliphatic carbocycles. The van der Waals surface area contributed by atoms with E-state index in [1.54, 1.807) is 11.3 Å². The molecule has 1 aliphatic rings. The van der Waals surface area contributed by atoms with Gasteiger partial charge in [0.05, 0.1) is 12.5 Å². The van der Waals surface area contributed by atoms with Crippen LogP contribution in [0.1, 0.15) is 37.0 Å². The van der Waals surface area contributed by atoms with Crippen molar-refractivity contribution in [3.8, 4) is 0 Å². The summed E-state index contributed by atoms with van der Waals surface area (Å²) in [4.78, 5) is 15.5. The second-order valence-electron chi connectivity index (χ2n) is 5.18. The lowest BCUT2D eigenvalue weighted by Crippen LogP contribution is -2.41. The van der Waals surface area contributed by atoms with Crippen LogP contribution in [0.5, 0.6) is 0 Å². The Morgan fingerprint density at radius 1 is 1.44 bits per heavy atom. The van der Waals surface area contributed by atoms with Gasteiger partial charge in [0.1, 0.15) is 0 Å². The second-order valence-corrected chi connectivity index (χ2v) is 6.21. The molecule has 1 fully saturated rings. The van der Waals surface area contributed by atoms with Crippen LogP contribution in [0.3, 0.4) is 0 Å². The first-order chi connectivity index (χ1) is 8.68. The Morgan fingerprint density at radius 2 is 2.22 bits per heavy atom. The molecule has 1 saturated carbocycles. The molecular weight excluding hydrogens is 244 g/mol. The highest BCUT2D eigenvalue weighted by Gasteiger charge is 2.29. The van der Waals surface area contributed by atoms with Crippen molar-refractivity contribution in [2.75, 3.05) is 7.05 Å². The van der Waals surface area contributed by atoms with Gasteiger partial charge in [-0.1, -0.05) is 25.3 Å². The highest BCUT2D eigenvalue weighted by molar-refractivity contribution is 7.09. The molecule has 100 valence electrons. The zero-order valence-electron chi connectivity index (χ0n) is 11.0. The van der Waals surface area contributed by atoms with Crippen LogP contribution in [0.25, 0.3) is 0 Å². The number of carbonyl (C=O) groups is 1. The number of rotatable bonds is 3. The molecule has 2 atom stereocenters. The summed E-state index contributed by atoms with van der Waals surface area (Å²) < 4.78 is 0. The zero-order valence-corrected chi connectivity index (χ0v) is 11.8. The molecule has 0 saturated heterocycles. The lowest BCUT2D eigenvalue weighted by Gasteiger charge is -2.26. The summed E-state index contributed by atoms with van der Waals surface area (Å²) in [5.74, 6) is 0.246. The van der Waals surface area contributed by atoms with Crippen LogP contribution in [0.2, 0.25) is 0 Å². The molecule has 18 heavy (non-hydrogen) atoms. The van der Waals surface area contributed by atoms with E-state index in [0.717, 1.165) is 19.3 Å². The standard InChI is InChI=1S/C14H22N2OS/c1-16(10-11-6-5-9-18-11)14(17)12-7-3-2-4-8-13(12)15/h5-6,9,12-13H,2-4,7-8,10,15H2,1H3. The summed E-state index contributed by atoms with van der Waals surface area (Å²) in [7, 11) is 1.89. The molecule has 0 aliphatic heterocycles. The number of hydrogen-bond donors (Lipinski definition) is 1. The molecular formula is C14H22N2OS. The van der Waals surface area contributed by atoms with Gasteiger partial charge in [-0.15, -0.1) is 11.3 Å². The third kappa shape index (κ3) is 3.33. The van der Waals surface area contributed by atoms with Gasteiger partial charge < -0.3 is 10.6 Å². The Hall–Kier alpha value is -0.870. The second kappa shape index (κ2) is 6.34. The molecule has 3 nitrogen and oxygen atoms in total. The maximum Gasteiger partial charge on any atom is 0.227 e. The van der Waals surface area contributed by atoms with E-state index in [1.807, 2.05) is 23.4 Å². The van der Waals surface area contributed by atoms with Gasteiger partial charge in [-0.3, -0.25) is 4.79 Å². The SMILES string of the molecule is CN(Cc1cccs1)C(=O)C1CCCCCC1N. The van der Waals surface area contributed by atoms with Gasteiger partial charge in [0.15, 0.2) is 0 Å². The summed E-state index contributed by atoms with van der Waals surface area (Å²) in [5.41, 5.74) is 6.15. The molecule has 1 amide bonds. The lowest BCUT2D eigenvalue weighted by atomic mass is 9.94. The smallest absolute Gasteiger partial charge is 0.227 e. The van der Waals surface area contributed by atoms with Crippen LogP contribution >= 0.6 is 11.3 Å². The van der Waals surface area contributed by atoms with Crippen molar-refractivity contribution < 1.29 is 4.79 Å². The van der Waals surface area contributed by atoms with Gasteiger partial charge in [0.2, 0.25) is 5.91 Å². The van der Waals surface area contributed by atoms with Crippen LogP contribution in [0, 0.1) is 5.92 Å². The lowest BCUT2D eigenvalue weighted by molar-refractivity contribution is -0.135. The van der Waals surface area contributed by atoms with E-state index in [0.29, 0.717) is 6.54 Å². The number of amides is 1. The molecule has 2 N–H and O–H groups in total. The van der Waals surface area contributed by atoms with Crippen molar-refractivity contribution in [2.24, 2.45) is 11.7 Å². The number of nitrogens with two attached hydrogens (primary N) is 1. The first-order valence-electron chi connectivity index (χ1n) is 6.71. The molecule has 0 radical (unpaired) electrons. The van der Waals surface area contributed by atoms with Crippen molar-refractivity contribution in [1.29, 1.82) is 0 Å². The Labute approximate surface area is 113 Å². The third-order valence-corrected chi connectivity index (χ3v) is 4.60. The zero-order chi connectivity index (χ0) is 13.0. The molecule has 1 aromatic rings. The monoisotopic (exact) mass is 266 g/mol. The van der Waals surface area contributed by atoms with Crippen molar-refractivity contribution in [3.63, 3.8) is 0 Å². The van der Waals surface area contributed by atoms with E-state index in [9.17, 15) is 4.79 Å². The minimum Gasteiger partial charge on any atom is -0.340 e. The number of hydrogen-bond acceptors (Lipinski definition) is 3. The Bertz CT molecular complexity index is 377. The van der Waals surface area contributed by atoms with E-state index < -0.39 is 0 Å². The van der Waals surface area contributed by atoms with Crippen molar-refractivity contribution in [1.82, 2.24) is 4.90 Å². The Kier molecular flexibility index (Phi) is 4.78. The van der Waals surface area contributed by atoms with Gasteiger partial charge in [0, 0.05) is 18.0 Å². The van der Waals surface area contributed by atoms with E-state index in [4.69, 9.17) is 5.73 Å². The molecule has 0 bridgehead atoms. The average Bonchev–Trinajstić information content (AvgIpc) is 2.76. The fourth-order valence-corrected chi connectivity index (χ4v) is 3.40. The first-order valence-corrected chi connectivity index (χ1v) is 7.59. The minimum atomic E-state index is 0.0254. The fourth-order valence-electron chi connectivity index (χ4n) is 2.64. The highest BCUT2D eigenvalue weighted by atomic mass is 32.1. The maximum absolute atomic E-state index is 12.4. The largest absolute Gasteiger partial charge is 0.340 e. The first kappa shape index (κ1) is 13.6. The van der Waals surface area contributed by atoms with Gasteiger partial charge >= 0.3 is 0 Å². The summed E-state index contributed by atoms with van der Waals surface area (Å²) in [6.07, 6.45) is 5.46. The van der Waals surface area contributed by atoms with Crippen LogP contribution in [0.4, 0.5) is 0 Å². The van der Waals surface area contributed by atoms with Crippen LogP contribution in [-0.4, -0.2) is 23.9 Å². The highest BCUT2D eigenvalue weighted by Crippen LogP contribution is 2.24. The van der Waals surface area contributed by atoms with Crippen molar-refractivity contribution in [2.45, 2.75) is 44.7 Å². The minimum absolute atomic E-state index is 0.0254. The number of thiophene rings is 1. The number of nitrogens with zero attached hydrogens (tertiary/aromatic N) is 1. The van der Waals surface area contributed by atoms with Gasteiger partial charge in [-0.2, -0.15) is 0 Å². The summed E-state index contributed by atoms with van der Waals surface area (Å²) >= 11 is 1.70. The number of carbonyl (C=O) groups excluding carboxylic acids is 1. The predicted molar refractivity (Wildman–Crippen MR) is 75.3 cm³/mol. The average molecular weight is 266 g/mol. The molecule has 1 heterocycles. The van der Waals surface area contributed by atoms with Crippen LogP contribution in [-0.2, 0) is 11.3 Å². The van der Waals surface area contributed by atoms with Crippen molar-refractivity contribution in [3.05, 3.63) is 22.4 Å². The van der Waals surface area contributed by atoms with Crippen LogP contribution in [0.15, 0.2) is 17.5 Å².